The second kappa shape index (κ2) is 7.66. The van der Waals surface area contributed by atoms with Gasteiger partial charge in [-0.1, -0.05) is 29.3 Å². The largest absolute Gasteiger partial charge is 0.339 e. The molecule has 0 aliphatic rings. The van der Waals surface area contributed by atoms with E-state index in [1.54, 1.807) is 35.4 Å². The van der Waals surface area contributed by atoms with Gasteiger partial charge in [-0.2, -0.15) is 0 Å². The van der Waals surface area contributed by atoms with Gasteiger partial charge in [-0.25, -0.2) is 0 Å². The maximum Gasteiger partial charge on any atom is 0.255 e. The topological polar surface area (TPSA) is 42.3 Å². The van der Waals surface area contributed by atoms with Crippen LogP contribution < -0.4 is 5.56 Å². The zero-order valence-corrected chi connectivity index (χ0v) is 14.6. The van der Waals surface area contributed by atoms with Crippen molar-refractivity contribution >= 4 is 29.1 Å². The summed E-state index contributed by atoms with van der Waals surface area (Å²) in [5.74, 6) is -0.0853. The van der Waals surface area contributed by atoms with Crippen LogP contribution in [-0.2, 0) is 6.54 Å². The summed E-state index contributed by atoms with van der Waals surface area (Å²) in [6, 6.07) is 8.19. The fraction of sp³-hybridized carbons (Fsp3) is 0.294. The molecule has 2 rings (SSSR count). The molecule has 0 aliphatic carbocycles. The molecule has 0 bridgehead atoms. The van der Waals surface area contributed by atoms with Crippen LogP contribution in [0.15, 0.2) is 41.3 Å². The number of nitrogens with zero attached hydrogens (tertiary/aromatic N) is 2. The molecule has 0 aliphatic heterocycles. The Hall–Kier alpha value is -1.78. The van der Waals surface area contributed by atoms with Crippen molar-refractivity contribution in [2.24, 2.45) is 0 Å². The lowest BCUT2D eigenvalue weighted by molar-refractivity contribution is 0.0772. The minimum absolute atomic E-state index is 0.0853. The number of carbonyl (C=O) groups excluding carboxylic acids is 1. The highest BCUT2D eigenvalue weighted by molar-refractivity contribution is 6.42. The Labute approximate surface area is 145 Å². The lowest BCUT2D eigenvalue weighted by Gasteiger charge is -2.19. The third kappa shape index (κ3) is 4.15. The number of benzene rings is 1. The molecule has 0 spiro atoms. The average Bonchev–Trinajstić information content (AvgIpc) is 2.54. The van der Waals surface area contributed by atoms with Gasteiger partial charge >= 0.3 is 0 Å². The zero-order chi connectivity index (χ0) is 17.0. The lowest BCUT2D eigenvalue weighted by Crippen LogP contribution is -2.32. The molecule has 122 valence electrons. The van der Waals surface area contributed by atoms with E-state index in [2.05, 4.69) is 0 Å². The van der Waals surface area contributed by atoms with Crippen LogP contribution in [0, 0.1) is 0 Å². The highest BCUT2D eigenvalue weighted by Gasteiger charge is 2.13. The summed E-state index contributed by atoms with van der Waals surface area (Å²) < 4.78 is 1.50. The first-order valence-corrected chi connectivity index (χ1v) is 8.15. The molecule has 1 aromatic carbocycles. The molecule has 0 radical (unpaired) electrons. The van der Waals surface area contributed by atoms with E-state index in [0.717, 1.165) is 5.56 Å². The number of carbonyl (C=O) groups is 1. The van der Waals surface area contributed by atoms with Crippen LogP contribution in [0.1, 0.15) is 29.8 Å². The molecule has 0 fully saturated rings. The lowest BCUT2D eigenvalue weighted by atomic mass is 10.2. The normalized spacial score (nSPS) is 10.6. The van der Waals surface area contributed by atoms with Gasteiger partial charge in [0.1, 0.15) is 0 Å². The molecule has 1 amide bonds. The van der Waals surface area contributed by atoms with E-state index in [0.29, 0.717) is 35.2 Å². The van der Waals surface area contributed by atoms with Gasteiger partial charge in [0.05, 0.1) is 22.2 Å². The van der Waals surface area contributed by atoms with E-state index in [1.165, 1.54) is 10.6 Å². The van der Waals surface area contributed by atoms with Crippen LogP contribution >= 0.6 is 23.2 Å². The fourth-order valence-corrected chi connectivity index (χ4v) is 2.63. The molecule has 2 aromatic rings. The first-order chi connectivity index (χ1) is 11.0. The highest BCUT2D eigenvalue weighted by Crippen LogP contribution is 2.22. The number of hydrogen-bond donors (Lipinski definition) is 0. The van der Waals surface area contributed by atoms with Gasteiger partial charge in [-0.15, -0.1) is 0 Å². The molecule has 6 heteroatoms. The smallest absolute Gasteiger partial charge is 0.255 e. The maximum absolute atomic E-state index is 12.4. The van der Waals surface area contributed by atoms with E-state index >= 15 is 0 Å². The number of amides is 1. The van der Waals surface area contributed by atoms with Crippen LogP contribution in [0.2, 0.25) is 10.0 Å². The Morgan fingerprint density at radius 1 is 1.09 bits per heavy atom. The summed E-state index contributed by atoms with van der Waals surface area (Å²) in [7, 11) is 0. The summed E-state index contributed by atoms with van der Waals surface area (Å²) in [6.07, 6.45) is 1.59. The Morgan fingerprint density at radius 3 is 2.39 bits per heavy atom. The molecular weight excluding hydrogens is 335 g/mol. The zero-order valence-electron chi connectivity index (χ0n) is 13.1. The number of aromatic nitrogens is 1. The van der Waals surface area contributed by atoms with E-state index in [9.17, 15) is 9.59 Å². The third-order valence-electron chi connectivity index (χ3n) is 3.62. The summed E-state index contributed by atoms with van der Waals surface area (Å²) >= 11 is 11.9. The SMILES string of the molecule is CCN(CC)C(=O)c1ccc(=O)n(Cc2ccc(Cl)c(Cl)c2)c1. The summed E-state index contributed by atoms with van der Waals surface area (Å²) in [6.45, 7) is 5.43. The first-order valence-electron chi connectivity index (χ1n) is 7.40. The number of rotatable bonds is 5. The van der Waals surface area contributed by atoms with Crippen LogP contribution in [0.5, 0.6) is 0 Å². The van der Waals surface area contributed by atoms with Crippen LogP contribution in [0.25, 0.3) is 0 Å². The second-order valence-corrected chi connectivity index (χ2v) is 5.92. The predicted octanol–water partition coefficient (Wildman–Crippen LogP) is 3.69. The average molecular weight is 353 g/mol. The van der Waals surface area contributed by atoms with Gasteiger partial charge < -0.3 is 9.47 Å². The minimum atomic E-state index is -0.174. The molecular formula is C17H18Cl2N2O2. The van der Waals surface area contributed by atoms with Crippen LogP contribution in [0.3, 0.4) is 0 Å². The van der Waals surface area contributed by atoms with Gasteiger partial charge in [-0.05, 0) is 37.6 Å². The second-order valence-electron chi connectivity index (χ2n) is 5.11. The molecule has 23 heavy (non-hydrogen) atoms. The van der Waals surface area contributed by atoms with Crippen molar-refractivity contribution in [3.05, 3.63) is 68.1 Å². The number of hydrogen-bond acceptors (Lipinski definition) is 2. The minimum Gasteiger partial charge on any atom is -0.339 e. The molecule has 0 saturated heterocycles. The van der Waals surface area contributed by atoms with Crippen molar-refractivity contribution in [1.29, 1.82) is 0 Å². The van der Waals surface area contributed by atoms with Crippen LogP contribution in [0.4, 0.5) is 0 Å². The summed E-state index contributed by atoms with van der Waals surface area (Å²) in [5, 5.41) is 0.904. The monoisotopic (exact) mass is 352 g/mol. The van der Waals surface area contributed by atoms with E-state index in [1.807, 2.05) is 13.8 Å². The van der Waals surface area contributed by atoms with Gasteiger partial charge in [0.2, 0.25) is 0 Å². The van der Waals surface area contributed by atoms with Gasteiger partial charge in [0.15, 0.2) is 0 Å². The van der Waals surface area contributed by atoms with Crippen molar-refractivity contribution in [2.75, 3.05) is 13.1 Å². The first kappa shape index (κ1) is 17.6. The summed E-state index contributed by atoms with van der Waals surface area (Å²) in [5.41, 5.74) is 1.16. The number of halogens is 2. The van der Waals surface area contributed by atoms with Crippen molar-refractivity contribution in [2.45, 2.75) is 20.4 Å². The maximum atomic E-state index is 12.4. The molecule has 4 nitrogen and oxygen atoms in total. The van der Waals surface area contributed by atoms with Crippen molar-refractivity contribution in [1.82, 2.24) is 9.47 Å². The highest BCUT2D eigenvalue weighted by atomic mass is 35.5. The van der Waals surface area contributed by atoms with Gasteiger partial charge in [0, 0.05) is 25.4 Å². The Balaban J connectivity index is 2.32. The van der Waals surface area contributed by atoms with Crippen molar-refractivity contribution in [3.63, 3.8) is 0 Å². The van der Waals surface area contributed by atoms with E-state index < -0.39 is 0 Å². The number of pyridine rings is 1. The van der Waals surface area contributed by atoms with E-state index in [4.69, 9.17) is 23.2 Å². The third-order valence-corrected chi connectivity index (χ3v) is 4.36. The fourth-order valence-electron chi connectivity index (χ4n) is 2.31. The van der Waals surface area contributed by atoms with Gasteiger partial charge in [-0.3, -0.25) is 9.59 Å². The molecule has 0 N–H and O–H groups in total. The Kier molecular flexibility index (Phi) is 5.85. The molecule has 0 saturated carbocycles. The van der Waals surface area contributed by atoms with Crippen molar-refractivity contribution < 1.29 is 4.79 Å². The quantitative estimate of drug-likeness (QED) is 0.823. The molecule has 0 atom stereocenters. The Bertz CT molecular complexity index is 767. The molecule has 1 aromatic heterocycles. The van der Waals surface area contributed by atoms with Crippen LogP contribution in [-0.4, -0.2) is 28.5 Å². The summed E-state index contributed by atoms with van der Waals surface area (Å²) in [4.78, 5) is 26.1. The van der Waals surface area contributed by atoms with Gasteiger partial charge in [0.25, 0.3) is 11.5 Å². The Morgan fingerprint density at radius 2 is 1.78 bits per heavy atom. The molecule has 0 unspecified atom stereocenters. The standard InChI is InChI=1S/C17H18Cl2N2O2/c1-3-20(4-2)17(23)13-6-8-16(22)21(11-13)10-12-5-7-14(18)15(19)9-12/h5-9,11H,3-4,10H2,1-2H3. The van der Waals surface area contributed by atoms with E-state index in [-0.39, 0.29) is 11.5 Å². The predicted molar refractivity (Wildman–Crippen MR) is 93.5 cm³/mol. The molecule has 1 heterocycles. The van der Waals surface area contributed by atoms with Crippen molar-refractivity contribution in [3.8, 4) is 0 Å².